The van der Waals surface area contributed by atoms with E-state index >= 15 is 0 Å². The molecule has 0 bridgehead atoms. The molecule has 1 aromatic heterocycles. The molecule has 1 saturated carbocycles. The van der Waals surface area contributed by atoms with Crippen LogP contribution < -0.4 is 10.2 Å². The first-order chi connectivity index (χ1) is 15.6. The molecule has 2 saturated heterocycles. The highest BCUT2D eigenvalue weighted by Gasteiger charge is 2.38. The number of phenolic OH excluding ortho intramolecular Hbond substituents is 1. The quantitative estimate of drug-likeness (QED) is 0.625. The van der Waals surface area contributed by atoms with Crippen LogP contribution in [0, 0.1) is 11.8 Å². The van der Waals surface area contributed by atoms with Crippen molar-refractivity contribution >= 4 is 28.2 Å². The molecule has 6 rings (SSSR count). The van der Waals surface area contributed by atoms with Crippen LogP contribution in [0.3, 0.4) is 0 Å². The molecule has 0 radical (unpaired) electrons. The number of aromatic hydroxyl groups is 1. The largest absolute Gasteiger partial charge is 0.508 e. The number of aromatic nitrogens is 2. The molecule has 0 spiro atoms. The number of likely N-dealkylation sites (tertiary alicyclic amines) is 1. The summed E-state index contributed by atoms with van der Waals surface area (Å²) in [5.41, 5.74) is 4.14. The molecule has 6 heteroatoms. The Labute approximate surface area is 189 Å². The summed E-state index contributed by atoms with van der Waals surface area (Å²) in [6.45, 7) is 4.75. The molecule has 1 aliphatic carbocycles. The molecule has 0 amide bonds. The number of phenols is 1. The van der Waals surface area contributed by atoms with Crippen LogP contribution in [0.4, 0.5) is 17.3 Å². The van der Waals surface area contributed by atoms with Gasteiger partial charge in [0.1, 0.15) is 5.75 Å². The number of hydrogen-bond donors (Lipinski definition) is 2. The van der Waals surface area contributed by atoms with Crippen LogP contribution in [0.1, 0.15) is 37.2 Å². The van der Waals surface area contributed by atoms with Gasteiger partial charge in [0.25, 0.3) is 0 Å². The van der Waals surface area contributed by atoms with Crippen LogP contribution in [0.15, 0.2) is 42.6 Å². The summed E-state index contributed by atoms with van der Waals surface area (Å²) >= 11 is 0. The van der Waals surface area contributed by atoms with Gasteiger partial charge in [-0.25, -0.2) is 9.97 Å². The highest BCUT2D eigenvalue weighted by molar-refractivity contribution is 5.85. The van der Waals surface area contributed by atoms with Crippen molar-refractivity contribution in [2.45, 2.75) is 31.6 Å². The Bertz CT molecular complexity index is 1110. The number of anilines is 3. The first-order valence-electron chi connectivity index (χ1n) is 11.9. The minimum absolute atomic E-state index is 0.361. The Morgan fingerprint density at radius 1 is 0.938 bits per heavy atom. The average molecular weight is 430 g/mol. The van der Waals surface area contributed by atoms with Crippen molar-refractivity contribution in [3.8, 4) is 5.75 Å². The van der Waals surface area contributed by atoms with Crippen LogP contribution >= 0.6 is 0 Å². The summed E-state index contributed by atoms with van der Waals surface area (Å²) < 4.78 is 0. The molecular formula is C26H31N5O. The topological polar surface area (TPSA) is 64.5 Å². The van der Waals surface area contributed by atoms with Crippen LogP contribution in [0.2, 0.25) is 0 Å². The lowest BCUT2D eigenvalue weighted by Gasteiger charge is -2.21. The third-order valence-corrected chi connectivity index (χ3v) is 7.69. The van der Waals surface area contributed by atoms with Gasteiger partial charge in [0, 0.05) is 54.7 Å². The second-order valence-corrected chi connectivity index (χ2v) is 9.93. The molecule has 6 nitrogen and oxygen atoms in total. The van der Waals surface area contributed by atoms with Gasteiger partial charge >= 0.3 is 0 Å². The van der Waals surface area contributed by atoms with Crippen molar-refractivity contribution in [3.63, 3.8) is 0 Å². The third kappa shape index (κ3) is 3.56. The Kier molecular flexibility index (Phi) is 4.90. The normalized spacial score (nSPS) is 23.8. The van der Waals surface area contributed by atoms with Crippen molar-refractivity contribution in [2.24, 2.45) is 11.8 Å². The van der Waals surface area contributed by atoms with Gasteiger partial charge in [-0.3, -0.25) is 0 Å². The number of nitrogens with one attached hydrogen (secondary N) is 1. The second kappa shape index (κ2) is 7.93. The molecule has 3 aromatic rings. The first-order valence-corrected chi connectivity index (χ1v) is 11.9. The van der Waals surface area contributed by atoms with Crippen molar-refractivity contribution in [1.29, 1.82) is 0 Å². The van der Waals surface area contributed by atoms with E-state index in [0.29, 0.717) is 17.6 Å². The predicted octanol–water partition coefficient (Wildman–Crippen LogP) is 4.73. The molecule has 2 unspecified atom stereocenters. The Morgan fingerprint density at radius 2 is 1.66 bits per heavy atom. The number of hydrogen-bond acceptors (Lipinski definition) is 6. The highest BCUT2D eigenvalue weighted by atomic mass is 16.3. The summed E-state index contributed by atoms with van der Waals surface area (Å²) in [6.07, 6.45) is 6.54. The van der Waals surface area contributed by atoms with Crippen LogP contribution in [-0.2, 0) is 0 Å². The van der Waals surface area contributed by atoms with E-state index in [1.54, 1.807) is 6.07 Å². The van der Waals surface area contributed by atoms with Gasteiger partial charge in [-0.15, -0.1) is 0 Å². The van der Waals surface area contributed by atoms with E-state index in [9.17, 15) is 5.11 Å². The predicted molar refractivity (Wildman–Crippen MR) is 129 cm³/mol. The molecule has 2 N–H and O–H groups in total. The highest BCUT2D eigenvalue weighted by Crippen LogP contribution is 2.42. The summed E-state index contributed by atoms with van der Waals surface area (Å²) in [6, 6.07) is 12.3. The SMILES string of the molecule is CN1CC2CN(c3ccc(Nc4ncc5ccc(O)c(C6CCCC6)c5n4)cc3)CC2C1. The lowest BCUT2D eigenvalue weighted by Crippen LogP contribution is -2.26. The van der Waals surface area contributed by atoms with Gasteiger partial charge in [-0.05, 0) is 74.0 Å². The van der Waals surface area contributed by atoms with Crippen molar-refractivity contribution in [3.05, 3.63) is 48.2 Å². The Morgan fingerprint density at radius 3 is 2.38 bits per heavy atom. The van der Waals surface area contributed by atoms with Crippen molar-refractivity contribution in [1.82, 2.24) is 14.9 Å². The molecule has 2 atom stereocenters. The molecule has 3 fully saturated rings. The smallest absolute Gasteiger partial charge is 0.227 e. The Balaban J connectivity index is 1.21. The van der Waals surface area contributed by atoms with Crippen molar-refractivity contribution in [2.75, 3.05) is 43.4 Å². The van der Waals surface area contributed by atoms with Gasteiger partial charge in [0.15, 0.2) is 0 Å². The zero-order valence-electron chi connectivity index (χ0n) is 18.7. The van der Waals surface area contributed by atoms with Crippen molar-refractivity contribution < 1.29 is 5.11 Å². The lowest BCUT2D eigenvalue weighted by atomic mass is 9.94. The van der Waals surface area contributed by atoms with Gasteiger partial charge < -0.3 is 20.2 Å². The maximum Gasteiger partial charge on any atom is 0.227 e. The lowest BCUT2D eigenvalue weighted by molar-refractivity contribution is 0.387. The third-order valence-electron chi connectivity index (χ3n) is 7.69. The number of nitrogens with zero attached hydrogens (tertiary/aromatic N) is 4. The van der Waals surface area contributed by atoms with E-state index in [4.69, 9.17) is 4.98 Å². The van der Waals surface area contributed by atoms with E-state index in [0.717, 1.165) is 59.9 Å². The molecule has 2 aliphatic heterocycles. The minimum Gasteiger partial charge on any atom is -0.508 e. The molecule has 2 aromatic carbocycles. The minimum atomic E-state index is 0.361. The van der Waals surface area contributed by atoms with E-state index in [2.05, 4.69) is 51.4 Å². The zero-order valence-corrected chi connectivity index (χ0v) is 18.7. The first kappa shape index (κ1) is 19.8. The van der Waals surface area contributed by atoms with Gasteiger partial charge in [0.05, 0.1) is 5.52 Å². The molecule has 32 heavy (non-hydrogen) atoms. The molecule has 3 heterocycles. The number of benzene rings is 2. The second-order valence-electron chi connectivity index (χ2n) is 9.93. The molecule has 166 valence electrons. The van der Waals surface area contributed by atoms with E-state index < -0.39 is 0 Å². The summed E-state index contributed by atoms with van der Waals surface area (Å²) in [5.74, 6) is 2.93. The monoisotopic (exact) mass is 429 g/mol. The fraction of sp³-hybridized carbons (Fsp3) is 0.462. The molecular weight excluding hydrogens is 398 g/mol. The number of fused-ring (bicyclic) bond motifs is 2. The number of rotatable bonds is 4. The summed E-state index contributed by atoms with van der Waals surface area (Å²) in [4.78, 5) is 14.3. The van der Waals surface area contributed by atoms with Crippen LogP contribution in [-0.4, -0.2) is 53.2 Å². The maximum atomic E-state index is 10.6. The van der Waals surface area contributed by atoms with Gasteiger partial charge in [-0.2, -0.15) is 0 Å². The van der Waals surface area contributed by atoms with E-state index in [1.165, 1.54) is 31.6 Å². The zero-order chi connectivity index (χ0) is 21.7. The standard InChI is InChI=1S/C26H31N5O/c1-30-13-19-15-31(16-20(19)14-30)22-9-7-21(8-10-22)28-26-27-12-18-6-11-23(32)24(25(18)29-26)17-4-2-3-5-17/h6-12,17,19-20,32H,2-5,13-16H2,1H3,(H,27,28,29). The fourth-order valence-electron chi connectivity index (χ4n) is 6.11. The fourth-order valence-corrected chi connectivity index (χ4v) is 6.11. The van der Waals surface area contributed by atoms with E-state index in [-0.39, 0.29) is 0 Å². The maximum absolute atomic E-state index is 10.6. The molecule has 3 aliphatic rings. The van der Waals surface area contributed by atoms with Crippen LogP contribution in [0.5, 0.6) is 5.75 Å². The summed E-state index contributed by atoms with van der Waals surface area (Å²) in [7, 11) is 2.23. The van der Waals surface area contributed by atoms with Gasteiger partial charge in [0.2, 0.25) is 5.95 Å². The van der Waals surface area contributed by atoms with E-state index in [1.807, 2.05) is 12.3 Å². The summed E-state index contributed by atoms with van der Waals surface area (Å²) in [5, 5.41) is 14.9. The van der Waals surface area contributed by atoms with Crippen LogP contribution in [0.25, 0.3) is 10.9 Å². The Hall–Kier alpha value is -2.86. The average Bonchev–Trinajstić information content (AvgIpc) is 3.51. The van der Waals surface area contributed by atoms with Gasteiger partial charge in [-0.1, -0.05) is 12.8 Å².